The van der Waals surface area contributed by atoms with Gasteiger partial charge in [0.2, 0.25) is 0 Å². The molecule has 4 heteroatoms. The normalized spacial score (nSPS) is 10.6. The lowest BCUT2D eigenvalue weighted by Gasteiger charge is -2.06. The maximum atomic E-state index is 13.9. The summed E-state index contributed by atoms with van der Waals surface area (Å²) in [5.74, 6) is -0.192. The summed E-state index contributed by atoms with van der Waals surface area (Å²) < 4.78 is 13.9. The number of benzene rings is 2. The number of rotatable bonds is 4. The van der Waals surface area contributed by atoms with Crippen molar-refractivity contribution in [2.75, 3.05) is 7.05 Å². The molecule has 0 unspecified atom stereocenters. The fourth-order valence-corrected chi connectivity index (χ4v) is 2.52. The van der Waals surface area contributed by atoms with Crippen molar-refractivity contribution in [3.05, 3.63) is 58.9 Å². The summed E-state index contributed by atoms with van der Waals surface area (Å²) in [5, 5.41) is 3.68. The fourth-order valence-electron chi connectivity index (χ4n) is 1.57. The first kappa shape index (κ1) is 13.4. The quantitative estimate of drug-likeness (QED) is 0.894. The van der Waals surface area contributed by atoms with Crippen molar-refractivity contribution >= 4 is 23.4 Å². The lowest BCUT2D eigenvalue weighted by molar-refractivity contribution is 0.598. The van der Waals surface area contributed by atoms with Crippen molar-refractivity contribution in [2.24, 2.45) is 0 Å². The molecular formula is C14H13ClFNS. The van der Waals surface area contributed by atoms with Gasteiger partial charge in [0, 0.05) is 21.4 Å². The zero-order valence-corrected chi connectivity index (χ0v) is 11.5. The minimum Gasteiger partial charge on any atom is -0.316 e. The molecule has 0 aliphatic carbocycles. The summed E-state index contributed by atoms with van der Waals surface area (Å²) in [6.07, 6.45) is 0. The predicted molar refractivity (Wildman–Crippen MR) is 74.7 cm³/mol. The number of hydrogen-bond donors (Lipinski definition) is 1. The number of halogens is 2. The van der Waals surface area contributed by atoms with E-state index in [-0.39, 0.29) is 5.82 Å². The van der Waals surface area contributed by atoms with Crippen LogP contribution >= 0.6 is 23.4 Å². The van der Waals surface area contributed by atoms with Crippen molar-refractivity contribution in [2.45, 2.75) is 16.3 Å². The molecule has 0 saturated heterocycles. The van der Waals surface area contributed by atoms with Crippen molar-refractivity contribution in [1.82, 2.24) is 5.32 Å². The van der Waals surface area contributed by atoms with E-state index >= 15 is 0 Å². The molecule has 0 spiro atoms. The Morgan fingerprint density at radius 2 is 1.89 bits per heavy atom. The Morgan fingerprint density at radius 1 is 1.17 bits per heavy atom. The van der Waals surface area contributed by atoms with Crippen LogP contribution in [0.25, 0.3) is 0 Å². The Hall–Kier alpha value is -1.03. The molecule has 0 fully saturated rings. The molecule has 0 atom stereocenters. The molecule has 1 N–H and O–H groups in total. The zero-order chi connectivity index (χ0) is 13.0. The second kappa shape index (κ2) is 6.23. The van der Waals surface area contributed by atoms with Crippen LogP contribution in [0.4, 0.5) is 4.39 Å². The largest absolute Gasteiger partial charge is 0.316 e. The van der Waals surface area contributed by atoms with Crippen LogP contribution in [0, 0.1) is 5.82 Å². The van der Waals surface area contributed by atoms with Crippen molar-refractivity contribution < 1.29 is 4.39 Å². The molecule has 94 valence electrons. The molecule has 0 saturated carbocycles. The SMILES string of the molecule is CNCc1ccc(Sc2ccc(Cl)cc2)c(F)c1. The molecule has 0 radical (unpaired) electrons. The molecule has 2 aromatic rings. The smallest absolute Gasteiger partial charge is 0.137 e. The highest BCUT2D eigenvalue weighted by molar-refractivity contribution is 7.99. The Balaban J connectivity index is 2.16. The molecule has 0 aromatic heterocycles. The Kier molecular flexibility index (Phi) is 4.64. The monoisotopic (exact) mass is 281 g/mol. The van der Waals surface area contributed by atoms with E-state index in [1.807, 2.05) is 25.2 Å². The van der Waals surface area contributed by atoms with E-state index < -0.39 is 0 Å². The van der Waals surface area contributed by atoms with E-state index in [0.717, 1.165) is 10.5 Å². The molecule has 18 heavy (non-hydrogen) atoms. The van der Waals surface area contributed by atoms with Crippen molar-refractivity contribution in [3.63, 3.8) is 0 Å². The number of nitrogens with one attached hydrogen (secondary N) is 1. The Labute approximate surface area is 115 Å². The highest BCUT2D eigenvalue weighted by Crippen LogP contribution is 2.30. The maximum Gasteiger partial charge on any atom is 0.137 e. The van der Waals surface area contributed by atoms with Crippen LogP contribution in [0.1, 0.15) is 5.56 Å². The van der Waals surface area contributed by atoms with Gasteiger partial charge in [-0.25, -0.2) is 4.39 Å². The fraction of sp³-hybridized carbons (Fsp3) is 0.143. The van der Waals surface area contributed by atoms with Gasteiger partial charge in [0.15, 0.2) is 0 Å². The minimum atomic E-state index is -0.192. The van der Waals surface area contributed by atoms with Gasteiger partial charge in [0.25, 0.3) is 0 Å². The Bertz CT molecular complexity index is 528. The van der Waals surface area contributed by atoms with Gasteiger partial charge in [-0.05, 0) is 49.0 Å². The summed E-state index contributed by atoms with van der Waals surface area (Å²) in [7, 11) is 1.84. The second-order valence-corrected chi connectivity index (χ2v) is 5.40. The van der Waals surface area contributed by atoms with Crippen molar-refractivity contribution in [1.29, 1.82) is 0 Å². The average molecular weight is 282 g/mol. The summed E-state index contributed by atoms with van der Waals surface area (Å²) in [6.45, 7) is 0.669. The molecule has 0 heterocycles. The minimum absolute atomic E-state index is 0.192. The van der Waals surface area contributed by atoms with E-state index in [9.17, 15) is 4.39 Å². The first-order chi connectivity index (χ1) is 8.69. The van der Waals surface area contributed by atoms with Crippen LogP contribution < -0.4 is 5.32 Å². The molecule has 0 bridgehead atoms. The molecule has 0 aliphatic rings. The molecular weight excluding hydrogens is 269 g/mol. The topological polar surface area (TPSA) is 12.0 Å². The lowest BCUT2D eigenvalue weighted by atomic mass is 10.2. The van der Waals surface area contributed by atoms with Crippen LogP contribution in [0.15, 0.2) is 52.3 Å². The van der Waals surface area contributed by atoms with Crippen LogP contribution in [-0.2, 0) is 6.54 Å². The van der Waals surface area contributed by atoms with Crippen LogP contribution in [-0.4, -0.2) is 7.05 Å². The van der Waals surface area contributed by atoms with Gasteiger partial charge in [-0.1, -0.05) is 29.4 Å². The third-order valence-corrected chi connectivity index (χ3v) is 3.73. The third kappa shape index (κ3) is 3.48. The van der Waals surface area contributed by atoms with E-state index in [0.29, 0.717) is 16.5 Å². The third-order valence-electron chi connectivity index (χ3n) is 2.42. The van der Waals surface area contributed by atoms with Gasteiger partial charge in [0.1, 0.15) is 5.82 Å². The van der Waals surface area contributed by atoms with Crippen LogP contribution in [0.2, 0.25) is 5.02 Å². The summed E-state index contributed by atoms with van der Waals surface area (Å²) >= 11 is 7.21. The molecule has 2 rings (SSSR count). The first-order valence-corrected chi connectivity index (χ1v) is 6.75. The Morgan fingerprint density at radius 3 is 2.50 bits per heavy atom. The molecule has 2 aromatic carbocycles. The summed E-state index contributed by atoms with van der Waals surface area (Å²) in [6, 6.07) is 12.7. The van der Waals surface area contributed by atoms with E-state index in [2.05, 4.69) is 5.32 Å². The van der Waals surface area contributed by atoms with Gasteiger partial charge < -0.3 is 5.32 Å². The average Bonchev–Trinajstić information content (AvgIpc) is 2.36. The predicted octanol–water partition coefficient (Wildman–Crippen LogP) is 4.35. The molecule has 0 aliphatic heterocycles. The van der Waals surface area contributed by atoms with Gasteiger partial charge in [0.05, 0.1) is 0 Å². The van der Waals surface area contributed by atoms with Gasteiger partial charge >= 0.3 is 0 Å². The first-order valence-electron chi connectivity index (χ1n) is 5.55. The van der Waals surface area contributed by atoms with Crippen molar-refractivity contribution in [3.8, 4) is 0 Å². The van der Waals surface area contributed by atoms with Crippen LogP contribution in [0.3, 0.4) is 0 Å². The highest BCUT2D eigenvalue weighted by atomic mass is 35.5. The second-order valence-electron chi connectivity index (χ2n) is 3.85. The lowest BCUT2D eigenvalue weighted by Crippen LogP contribution is -2.05. The van der Waals surface area contributed by atoms with Gasteiger partial charge in [-0.3, -0.25) is 0 Å². The zero-order valence-electron chi connectivity index (χ0n) is 9.91. The summed E-state index contributed by atoms with van der Waals surface area (Å²) in [4.78, 5) is 1.59. The van der Waals surface area contributed by atoms with Crippen LogP contribution in [0.5, 0.6) is 0 Å². The van der Waals surface area contributed by atoms with Gasteiger partial charge in [-0.15, -0.1) is 0 Å². The molecule has 1 nitrogen and oxygen atoms in total. The highest BCUT2D eigenvalue weighted by Gasteiger charge is 2.05. The van der Waals surface area contributed by atoms with E-state index in [1.54, 1.807) is 24.3 Å². The van der Waals surface area contributed by atoms with E-state index in [1.165, 1.54) is 11.8 Å². The van der Waals surface area contributed by atoms with Gasteiger partial charge in [-0.2, -0.15) is 0 Å². The van der Waals surface area contributed by atoms with E-state index in [4.69, 9.17) is 11.6 Å². The summed E-state index contributed by atoms with van der Waals surface area (Å²) in [5.41, 5.74) is 0.940. The maximum absolute atomic E-state index is 13.9. The molecule has 0 amide bonds. The standard InChI is InChI=1S/C14H13ClFNS/c1-17-9-10-2-7-14(13(16)8-10)18-12-5-3-11(15)4-6-12/h2-8,17H,9H2,1H3. The number of hydrogen-bond acceptors (Lipinski definition) is 2.